The molecule has 3 heterocycles. The molecule has 0 amide bonds. The monoisotopic (exact) mass is 537 g/mol. The SMILES string of the molecule is CNc1cc2c(cn1)c(-c1ccc(S(=O)(=O)NC)cc1)nn2CC1CCC(Oc2ccc(=O)n(C)n2)CC1. The zero-order valence-electron chi connectivity index (χ0n) is 21.6. The van der Waals surface area contributed by atoms with Crippen LogP contribution in [0.5, 0.6) is 5.88 Å². The van der Waals surface area contributed by atoms with Crippen molar-refractivity contribution in [2.75, 3.05) is 19.4 Å². The van der Waals surface area contributed by atoms with Crippen molar-refractivity contribution in [2.45, 2.75) is 43.2 Å². The van der Waals surface area contributed by atoms with E-state index >= 15 is 0 Å². The first-order valence-electron chi connectivity index (χ1n) is 12.6. The van der Waals surface area contributed by atoms with Crippen molar-refractivity contribution in [1.82, 2.24) is 29.3 Å². The molecule has 3 aromatic heterocycles. The van der Waals surface area contributed by atoms with E-state index in [0.717, 1.165) is 60.2 Å². The number of hydrogen-bond donors (Lipinski definition) is 2. The molecule has 1 aromatic carbocycles. The molecule has 12 heteroatoms. The number of rotatable bonds is 8. The Hall–Kier alpha value is -3.77. The summed E-state index contributed by atoms with van der Waals surface area (Å²) in [4.78, 5) is 16.3. The molecule has 1 saturated carbocycles. The Kier molecular flexibility index (Phi) is 7.17. The average Bonchev–Trinajstić information content (AvgIpc) is 3.29. The van der Waals surface area contributed by atoms with Gasteiger partial charge in [-0.05, 0) is 50.8 Å². The average molecular weight is 538 g/mol. The van der Waals surface area contributed by atoms with Crippen LogP contribution in [0.15, 0.2) is 58.4 Å². The van der Waals surface area contributed by atoms with E-state index in [0.29, 0.717) is 11.8 Å². The zero-order chi connectivity index (χ0) is 26.9. The minimum atomic E-state index is -3.52. The number of aryl methyl sites for hydroxylation is 1. The highest BCUT2D eigenvalue weighted by molar-refractivity contribution is 7.89. The van der Waals surface area contributed by atoms with Gasteiger partial charge in [0.05, 0.1) is 10.4 Å². The molecule has 4 aromatic rings. The number of sulfonamides is 1. The van der Waals surface area contributed by atoms with Crippen LogP contribution in [0.4, 0.5) is 5.82 Å². The summed E-state index contributed by atoms with van der Waals surface area (Å²) in [6.07, 6.45) is 5.62. The maximum absolute atomic E-state index is 12.1. The Morgan fingerprint density at radius 3 is 2.42 bits per heavy atom. The molecule has 5 rings (SSSR count). The third-order valence-electron chi connectivity index (χ3n) is 7.05. The summed E-state index contributed by atoms with van der Waals surface area (Å²) in [6.45, 7) is 0.751. The van der Waals surface area contributed by atoms with Crippen LogP contribution in [0, 0.1) is 5.92 Å². The molecule has 2 N–H and O–H groups in total. The van der Waals surface area contributed by atoms with E-state index in [-0.39, 0.29) is 16.6 Å². The molecule has 1 fully saturated rings. The van der Waals surface area contributed by atoms with Crippen molar-refractivity contribution in [2.24, 2.45) is 13.0 Å². The first kappa shape index (κ1) is 25.9. The number of ether oxygens (including phenoxy) is 1. The van der Waals surface area contributed by atoms with E-state index < -0.39 is 10.0 Å². The van der Waals surface area contributed by atoms with Crippen LogP contribution in [0.3, 0.4) is 0 Å². The fourth-order valence-electron chi connectivity index (χ4n) is 4.86. The standard InChI is InChI=1S/C26H31N7O4S/c1-27-23-14-22-21(15-29-23)26(18-6-10-20(11-7-18)38(35,36)28-2)31-33(22)16-17-4-8-19(9-5-17)37-24-12-13-25(34)32(3)30-24/h6-7,10-15,17,19,28H,4-5,8-9,16H2,1-3H3,(H,27,29). The van der Waals surface area contributed by atoms with Gasteiger partial charge in [-0.1, -0.05) is 12.1 Å². The van der Waals surface area contributed by atoms with Gasteiger partial charge in [-0.2, -0.15) is 5.10 Å². The summed E-state index contributed by atoms with van der Waals surface area (Å²) in [5.41, 5.74) is 2.40. The lowest BCUT2D eigenvalue weighted by Gasteiger charge is -2.28. The van der Waals surface area contributed by atoms with Crippen LogP contribution >= 0.6 is 0 Å². The lowest BCUT2D eigenvalue weighted by Crippen LogP contribution is -2.28. The lowest BCUT2D eigenvalue weighted by atomic mass is 9.87. The molecule has 38 heavy (non-hydrogen) atoms. The molecule has 0 radical (unpaired) electrons. The van der Waals surface area contributed by atoms with Crippen LogP contribution < -0.4 is 20.3 Å². The highest BCUT2D eigenvalue weighted by atomic mass is 32.2. The predicted molar refractivity (Wildman–Crippen MR) is 145 cm³/mol. The minimum absolute atomic E-state index is 0.0636. The van der Waals surface area contributed by atoms with Gasteiger partial charge in [-0.25, -0.2) is 22.8 Å². The highest BCUT2D eigenvalue weighted by Gasteiger charge is 2.25. The summed E-state index contributed by atoms with van der Waals surface area (Å²) in [5.74, 6) is 1.65. The third-order valence-corrected chi connectivity index (χ3v) is 8.48. The number of hydrogen-bond acceptors (Lipinski definition) is 8. The number of aromatic nitrogens is 5. The predicted octanol–water partition coefficient (Wildman–Crippen LogP) is 2.78. The molecule has 0 atom stereocenters. The molecular formula is C26H31N7O4S. The van der Waals surface area contributed by atoms with Crippen molar-refractivity contribution in [1.29, 1.82) is 0 Å². The van der Waals surface area contributed by atoms with Crippen LogP contribution in [0.2, 0.25) is 0 Å². The van der Waals surface area contributed by atoms with Crippen molar-refractivity contribution in [3.05, 3.63) is 59.0 Å². The van der Waals surface area contributed by atoms with Gasteiger partial charge in [0.2, 0.25) is 15.9 Å². The first-order chi connectivity index (χ1) is 18.3. The van der Waals surface area contributed by atoms with Gasteiger partial charge in [0.25, 0.3) is 5.56 Å². The Morgan fingerprint density at radius 1 is 1.03 bits per heavy atom. The van der Waals surface area contributed by atoms with Crippen LogP contribution in [0.25, 0.3) is 22.2 Å². The lowest BCUT2D eigenvalue weighted by molar-refractivity contribution is 0.117. The number of nitrogens with one attached hydrogen (secondary N) is 2. The zero-order valence-corrected chi connectivity index (χ0v) is 22.4. The van der Waals surface area contributed by atoms with Gasteiger partial charge < -0.3 is 10.1 Å². The van der Waals surface area contributed by atoms with Crippen LogP contribution in [-0.4, -0.2) is 53.2 Å². The summed E-state index contributed by atoms with van der Waals surface area (Å²) in [6, 6.07) is 11.8. The van der Waals surface area contributed by atoms with E-state index in [1.165, 1.54) is 17.8 Å². The fraction of sp³-hybridized carbons (Fsp3) is 0.385. The van der Waals surface area contributed by atoms with Crippen molar-refractivity contribution in [3.63, 3.8) is 0 Å². The number of pyridine rings is 1. The molecule has 0 bridgehead atoms. The molecule has 200 valence electrons. The van der Waals surface area contributed by atoms with Gasteiger partial charge in [-0.3, -0.25) is 9.48 Å². The number of anilines is 1. The topological polar surface area (TPSA) is 133 Å². The number of benzene rings is 1. The molecule has 1 aliphatic carbocycles. The smallest absolute Gasteiger partial charge is 0.266 e. The molecule has 11 nitrogen and oxygen atoms in total. The highest BCUT2D eigenvalue weighted by Crippen LogP contribution is 2.33. The fourth-order valence-corrected chi connectivity index (χ4v) is 5.59. The van der Waals surface area contributed by atoms with E-state index in [2.05, 4.69) is 20.1 Å². The number of nitrogens with zero attached hydrogens (tertiary/aromatic N) is 5. The summed E-state index contributed by atoms with van der Waals surface area (Å²) in [5, 5.41) is 13.1. The van der Waals surface area contributed by atoms with Crippen LogP contribution in [-0.2, 0) is 23.6 Å². The molecule has 0 unspecified atom stereocenters. The largest absolute Gasteiger partial charge is 0.473 e. The summed E-state index contributed by atoms with van der Waals surface area (Å²) >= 11 is 0. The van der Waals surface area contributed by atoms with Gasteiger partial charge in [-0.15, -0.1) is 5.10 Å². The second-order valence-corrected chi connectivity index (χ2v) is 11.4. The third kappa shape index (κ3) is 5.27. The van der Waals surface area contributed by atoms with E-state index in [9.17, 15) is 13.2 Å². The quantitative estimate of drug-likeness (QED) is 0.351. The van der Waals surface area contributed by atoms with E-state index in [4.69, 9.17) is 9.84 Å². The van der Waals surface area contributed by atoms with Crippen LogP contribution in [0.1, 0.15) is 25.7 Å². The summed E-state index contributed by atoms with van der Waals surface area (Å²) < 4.78 is 36.0. The van der Waals surface area contributed by atoms with Gasteiger partial charge in [0.15, 0.2) is 0 Å². The number of fused-ring (bicyclic) bond motifs is 1. The molecule has 1 aliphatic rings. The van der Waals surface area contributed by atoms with Crippen molar-refractivity contribution in [3.8, 4) is 17.1 Å². The van der Waals surface area contributed by atoms with Crippen molar-refractivity contribution >= 4 is 26.7 Å². The van der Waals surface area contributed by atoms with Gasteiger partial charge in [0.1, 0.15) is 17.6 Å². The Bertz CT molecular complexity index is 1610. The second-order valence-electron chi connectivity index (χ2n) is 9.49. The molecular weight excluding hydrogens is 506 g/mol. The maximum atomic E-state index is 12.1. The van der Waals surface area contributed by atoms with E-state index in [1.54, 1.807) is 37.4 Å². The normalized spacial score (nSPS) is 18.0. The Labute approximate surface area is 220 Å². The minimum Gasteiger partial charge on any atom is -0.473 e. The Morgan fingerprint density at radius 2 is 1.76 bits per heavy atom. The molecule has 0 spiro atoms. The van der Waals surface area contributed by atoms with Crippen molar-refractivity contribution < 1.29 is 13.2 Å². The summed E-state index contributed by atoms with van der Waals surface area (Å²) in [7, 11) is 1.32. The van der Waals surface area contributed by atoms with Gasteiger partial charge >= 0.3 is 0 Å². The first-order valence-corrected chi connectivity index (χ1v) is 14.0. The second kappa shape index (κ2) is 10.5. The van der Waals surface area contributed by atoms with E-state index in [1.807, 2.05) is 24.0 Å². The Balaban J connectivity index is 1.35. The molecule has 0 aliphatic heterocycles. The molecule has 0 saturated heterocycles. The van der Waals surface area contributed by atoms with Gasteiger partial charge in [0, 0.05) is 56.0 Å². The maximum Gasteiger partial charge on any atom is 0.266 e.